The lowest BCUT2D eigenvalue weighted by Gasteiger charge is -2.20. The maximum Gasteiger partial charge on any atom is 0.433 e. The average molecular weight is 468 g/mol. The minimum absolute atomic E-state index is 0.0570. The van der Waals surface area contributed by atoms with Crippen molar-refractivity contribution < 1.29 is 27.4 Å². The fourth-order valence-corrected chi connectivity index (χ4v) is 2.89. The third kappa shape index (κ3) is 6.78. The second-order valence-electron chi connectivity index (χ2n) is 6.72. The first-order chi connectivity index (χ1) is 15.6. The van der Waals surface area contributed by atoms with Gasteiger partial charge in [0.1, 0.15) is 18.1 Å². The Morgan fingerprint density at radius 1 is 1.18 bits per heavy atom. The number of nitrogens with two attached hydrogens (primary N) is 1. The zero-order chi connectivity index (χ0) is 24.6. The highest BCUT2D eigenvalue weighted by Gasteiger charge is 2.34. The number of alkyl halides is 3. The van der Waals surface area contributed by atoms with Crippen LogP contribution in [-0.4, -0.2) is 56.5 Å². The zero-order valence-corrected chi connectivity index (χ0v) is 19.0. The van der Waals surface area contributed by atoms with Crippen LogP contribution in [0.4, 0.5) is 24.8 Å². The highest BCUT2D eigenvalue weighted by molar-refractivity contribution is 6.04. The molecule has 33 heavy (non-hydrogen) atoms. The van der Waals surface area contributed by atoms with E-state index in [0.717, 1.165) is 6.07 Å². The number of hydrogen-bond acceptors (Lipinski definition) is 8. The number of nitrogens with zero attached hydrogens (tertiary/aromatic N) is 4. The Bertz CT molecular complexity index is 1010. The first-order valence-electron chi connectivity index (χ1n) is 9.92. The molecule has 12 heteroatoms. The van der Waals surface area contributed by atoms with Gasteiger partial charge in [0, 0.05) is 32.0 Å². The van der Waals surface area contributed by atoms with Crippen molar-refractivity contribution in [3.8, 4) is 11.5 Å². The number of aliphatic imine (C=N–C) groups is 2. The number of ether oxygens (including phenoxy) is 3. The maximum absolute atomic E-state index is 13.1. The van der Waals surface area contributed by atoms with Crippen LogP contribution in [0.3, 0.4) is 0 Å². The van der Waals surface area contributed by atoms with Crippen LogP contribution in [0.15, 0.2) is 28.2 Å². The first kappa shape index (κ1) is 25.8. The summed E-state index contributed by atoms with van der Waals surface area (Å²) in [5.41, 5.74) is 5.51. The number of rotatable bonds is 9. The summed E-state index contributed by atoms with van der Waals surface area (Å²) >= 11 is 0. The molecule has 0 spiro atoms. The van der Waals surface area contributed by atoms with Crippen molar-refractivity contribution in [3.05, 3.63) is 35.2 Å². The lowest BCUT2D eigenvalue weighted by molar-refractivity contribution is -0.141. The van der Waals surface area contributed by atoms with Gasteiger partial charge < -0.3 is 25.3 Å². The summed E-state index contributed by atoms with van der Waals surface area (Å²) in [6.45, 7) is 4.04. The summed E-state index contributed by atoms with van der Waals surface area (Å²) in [5, 5.41) is 3.08. The van der Waals surface area contributed by atoms with E-state index in [1.807, 2.05) is 0 Å². The fourth-order valence-electron chi connectivity index (χ4n) is 2.89. The topological polar surface area (TPSA) is 116 Å². The van der Waals surface area contributed by atoms with E-state index in [9.17, 15) is 13.2 Å². The molecule has 0 amide bonds. The molecule has 0 unspecified atom stereocenters. The second kappa shape index (κ2) is 11.5. The minimum atomic E-state index is -4.65. The van der Waals surface area contributed by atoms with E-state index in [-0.39, 0.29) is 12.3 Å². The molecule has 0 saturated carbocycles. The van der Waals surface area contributed by atoms with Crippen LogP contribution in [-0.2, 0) is 10.9 Å². The van der Waals surface area contributed by atoms with Gasteiger partial charge in [-0.3, -0.25) is 9.98 Å². The monoisotopic (exact) mass is 468 g/mol. The fraction of sp³-hybridized carbons (Fsp3) is 0.429. The average Bonchev–Trinajstić information content (AvgIpc) is 2.77. The van der Waals surface area contributed by atoms with Crippen LogP contribution in [0.1, 0.15) is 36.8 Å². The van der Waals surface area contributed by atoms with Gasteiger partial charge in [-0.25, -0.2) is 9.97 Å². The minimum Gasteiger partial charge on any atom is -0.493 e. The van der Waals surface area contributed by atoms with Crippen LogP contribution in [0.2, 0.25) is 0 Å². The number of amidine groups is 1. The highest BCUT2D eigenvalue weighted by atomic mass is 19.4. The Hall–Kier alpha value is -3.41. The van der Waals surface area contributed by atoms with Gasteiger partial charge in [-0.1, -0.05) is 0 Å². The second-order valence-corrected chi connectivity index (χ2v) is 6.72. The largest absolute Gasteiger partial charge is 0.493 e. The SMILES string of the molecule is C/C=N/c1cc(OC)c(OCCOC)cc1/C(=N\C)N[C@H](C)c1cc(C(F)(F)F)nc(N)n1. The molecule has 3 N–H and O–H groups in total. The van der Waals surface area contributed by atoms with Crippen LogP contribution < -0.4 is 20.5 Å². The molecule has 9 nitrogen and oxygen atoms in total. The van der Waals surface area contributed by atoms with E-state index in [4.69, 9.17) is 19.9 Å². The number of benzene rings is 1. The summed E-state index contributed by atoms with van der Waals surface area (Å²) in [5.74, 6) is 0.768. The van der Waals surface area contributed by atoms with Gasteiger partial charge in [-0.2, -0.15) is 13.2 Å². The zero-order valence-electron chi connectivity index (χ0n) is 19.0. The van der Waals surface area contributed by atoms with Crippen molar-refractivity contribution >= 4 is 23.7 Å². The van der Waals surface area contributed by atoms with Crippen molar-refractivity contribution in [3.63, 3.8) is 0 Å². The predicted molar refractivity (Wildman–Crippen MR) is 120 cm³/mol. The summed E-state index contributed by atoms with van der Waals surface area (Å²) in [4.78, 5) is 15.8. The molecular weight excluding hydrogens is 441 g/mol. The molecule has 0 radical (unpaired) electrons. The summed E-state index contributed by atoms with van der Waals surface area (Å²) in [6, 6.07) is 3.53. The third-order valence-electron chi connectivity index (χ3n) is 4.42. The van der Waals surface area contributed by atoms with Gasteiger partial charge in [0.2, 0.25) is 5.95 Å². The molecule has 0 aliphatic rings. The van der Waals surface area contributed by atoms with E-state index in [1.54, 1.807) is 46.4 Å². The Morgan fingerprint density at radius 2 is 1.91 bits per heavy atom. The molecule has 0 saturated heterocycles. The molecule has 0 fully saturated rings. The van der Waals surface area contributed by atoms with Crippen molar-refractivity contribution in [2.75, 3.05) is 40.2 Å². The van der Waals surface area contributed by atoms with Crippen molar-refractivity contribution in [1.82, 2.24) is 15.3 Å². The number of nitrogens with one attached hydrogen (secondary N) is 1. The van der Waals surface area contributed by atoms with Crippen LogP contribution in [0.25, 0.3) is 0 Å². The normalized spacial score (nSPS) is 13.3. The number of aromatic nitrogens is 2. The van der Waals surface area contributed by atoms with Gasteiger partial charge in [0.05, 0.1) is 31.1 Å². The van der Waals surface area contributed by atoms with Crippen LogP contribution >= 0.6 is 0 Å². The van der Waals surface area contributed by atoms with Gasteiger partial charge >= 0.3 is 6.18 Å². The highest BCUT2D eigenvalue weighted by Crippen LogP contribution is 2.36. The number of methoxy groups -OCH3 is 2. The lowest BCUT2D eigenvalue weighted by atomic mass is 10.1. The quantitative estimate of drug-likeness (QED) is 0.328. The molecule has 1 aromatic carbocycles. The summed E-state index contributed by atoms with van der Waals surface area (Å²) in [7, 11) is 4.60. The van der Waals surface area contributed by atoms with E-state index in [0.29, 0.717) is 35.2 Å². The number of nitrogen functional groups attached to an aromatic ring is 1. The molecule has 2 aromatic rings. The molecule has 1 heterocycles. The molecule has 1 atom stereocenters. The van der Waals surface area contributed by atoms with E-state index in [2.05, 4.69) is 25.3 Å². The molecule has 0 aliphatic heterocycles. The van der Waals surface area contributed by atoms with E-state index >= 15 is 0 Å². The van der Waals surface area contributed by atoms with Gasteiger partial charge in [0.25, 0.3) is 0 Å². The molecule has 1 aromatic heterocycles. The number of hydrogen-bond donors (Lipinski definition) is 2. The van der Waals surface area contributed by atoms with Crippen LogP contribution in [0.5, 0.6) is 11.5 Å². The van der Waals surface area contributed by atoms with Crippen molar-refractivity contribution in [1.29, 1.82) is 0 Å². The summed E-state index contributed by atoms with van der Waals surface area (Å²) in [6.07, 6.45) is -3.05. The van der Waals surface area contributed by atoms with Gasteiger partial charge in [-0.05, 0) is 26.0 Å². The molecule has 0 aliphatic carbocycles. The molecule has 2 rings (SSSR count). The molecule has 0 bridgehead atoms. The number of halogens is 3. The summed E-state index contributed by atoms with van der Waals surface area (Å²) < 4.78 is 55.6. The van der Waals surface area contributed by atoms with Gasteiger partial charge in [-0.15, -0.1) is 0 Å². The number of anilines is 1. The Morgan fingerprint density at radius 3 is 2.48 bits per heavy atom. The molecule has 180 valence electrons. The Kier molecular flexibility index (Phi) is 8.97. The third-order valence-corrected chi connectivity index (χ3v) is 4.42. The van der Waals surface area contributed by atoms with E-state index < -0.39 is 23.9 Å². The van der Waals surface area contributed by atoms with Crippen molar-refractivity contribution in [2.24, 2.45) is 9.98 Å². The Balaban J connectivity index is 2.45. The van der Waals surface area contributed by atoms with Crippen molar-refractivity contribution in [2.45, 2.75) is 26.1 Å². The predicted octanol–water partition coefficient (Wildman–Crippen LogP) is 3.56. The standard InChI is InChI=1S/C21H27F3N6O3/c1-6-27-15-10-16(32-5)17(33-8-7-31-4)9-13(15)19(26-3)28-12(2)14-11-18(21(22,23)24)30-20(25)29-14/h6,9-12H,7-8H2,1-5H3,(H,26,28)(H2,25,29,30)/b27-6+/t12-/m1/s1. The Labute approximate surface area is 189 Å². The van der Waals surface area contributed by atoms with Crippen LogP contribution in [0, 0.1) is 0 Å². The first-order valence-corrected chi connectivity index (χ1v) is 9.92. The van der Waals surface area contributed by atoms with Gasteiger partial charge in [0.15, 0.2) is 11.5 Å². The smallest absolute Gasteiger partial charge is 0.433 e. The van der Waals surface area contributed by atoms with E-state index in [1.165, 1.54) is 7.11 Å². The lowest BCUT2D eigenvalue weighted by Crippen LogP contribution is -2.29. The molecular formula is C21H27F3N6O3. The maximum atomic E-state index is 13.1.